The second-order valence-corrected chi connectivity index (χ2v) is 5.98. The molecule has 1 atom stereocenters. The van der Waals surface area contributed by atoms with Crippen LogP contribution < -0.4 is 5.32 Å². The number of hydrogen-bond acceptors (Lipinski definition) is 4. The average molecular weight is 305 g/mol. The number of oxime groups is 1. The van der Waals surface area contributed by atoms with Crippen LogP contribution in [0.2, 0.25) is 0 Å². The van der Waals surface area contributed by atoms with Crippen LogP contribution in [0, 0.1) is 6.92 Å². The second-order valence-electron chi connectivity index (χ2n) is 5.98. The van der Waals surface area contributed by atoms with Gasteiger partial charge in [0.15, 0.2) is 6.10 Å². The van der Waals surface area contributed by atoms with Crippen LogP contribution in [0.3, 0.4) is 0 Å². The Bertz CT molecular complexity index is 760. The van der Waals surface area contributed by atoms with E-state index in [4.69, 9.17) is 4.84 Å². The predicted octanol–water partition coefficient (Wildman–Crippen LogP) is 3.21. The normalized spacial score (nSPS) is 19.8. The Hall–Kier alpha value is -2.62. The molecule has 1 N–H and O–H groups in total. The number of benzene rings is 2. The van der Waals surface area contributed by atoms with Crippen molar-refractivity contribution < 1.29 is 4.84 Å². The Morgan fingerprint density at radius 2 is 1.74 bits per heavy atom. The highest BCUT2D eigenvalue weighted by molar-refractivity contribution is 6.03. The molecule has 0 saturated carbocycles. The maximum Gasteiger partial charge on any atom is 0.158 e. The van der Waals surface area contributed by atoms with Gasteiger partial charge in [-0.25, -0.2) is 0 Å². The van der Waals surface area contributed by atoms with Gasteiger partial charge in [-0.1, -0.05) is 59.3 Å². The van der Waals surface area contributed by atoms with Crippen molar-refractivity contribution in [2.75, 3.05) is 13.1 Å². The van der Waals surface area contributed by atoms with E-state index in [0.29, 0.717) is 0 Å². The summed E-state index contributed by atoms with van der Waals surface area (Å²) in [4.78, 5) is 10.1. The summed E-state index contributed by atoms with van der Waals surface area (Å²) in [5.74, 6) is 0.985. The Kier molecular flexibility index (Phi) is 3.58. The lowest BCUT2D eigenvalue weighted by atomic mass is 9.99. The molecular weight excluding hydrogens is 286 g/mol. The lowest BCUT2D eigenvalue weighted by molar-refractivity contribution is 0.0857. The molecule has 1 unspecified atom stereocenters. The molecule has 2 heterocycles. The number of nitrogens with zero attached hydrogens (tertiary/aromatic N) is 2. The van der Waals surface area contributed by atoms with E-state index in [0.717, 1.165) is 42.2 Å². The van der Waals surface area contributed by atoms with E-state index in [9.17, 15) is 0 Å². The average Bonchev–Trinajstić information content (AvgIpc) is 3.28. The van der Waals surface area contributed by atoms with E-state index >= 15 is 0 Å². The molecule has 2 aliphatic heterocycles. The number of rotatable bonds is 3. The molecule has 4 heteroatoms. The summed E-state index contributed by atoms with van der Waals surface area (Å²) in [5.41, 5.74) is 5.67. The third-order valence-corrected chi connectivity index (χ3v) is 4.28. The first-order valence-electron chi connectivity index (χ1n) is 7.98. The number of amidine groups is 1. The minimum Gasteiger partial charge on any atom is -0.387 e. The van der Waals surface area contributed by atoms with Gasteiger partial charge in [0.1, 0.15) is 5.84 Å². The molecule has 4 nitrogen and oxygen atoms in total. The van der Waals surface area contributed by atoms with Gasteiger partial charge in [-0.05, 0) is 18.1 Å². The van der Waals surface area contributed by atoms with Crippen molar-refractivity contribution in [3.63, 3.8) is 0 Å². The van der Waals surface area contributed by atoms with Crippen LogP contribution in [0.25, 0.3) is 0 Å². The fraction of sp³-hybridized carbons (Fsp3) is 0.263. The van der Waals surface area contributed by atoms with Gasteiger partial charge in [-0.3, -0.25) is 4.99 Å². The van der Waals surface area contributed by atoms with E-state index in [1.54, 1.807) is 0 Å². The molecule has 116 valence electrons. The molecule has 0 bridgehead atoms. The Balaban J connectivity index is 1.48. The van der Waals surface area contributed by atoms with Gasteiger partial charge in [-0.2, -0.15) is 0 Å². The topological polar surface area (TPSA) is 46.0 Å². The third kappa shape index (κ3) is 2.84. The highest BCUT2D eigenvalue weighted by Gasteiger charge is 2.23. The molecule has 2 aromatic carbocycles. The van der Waals surface area contributed by atoms with Crippen molar-refractivity contribution in [3.8, 4) is 0 Å². The molecule has 4 rings (SSSR count). The minimum atomic E-state index is 0.0196. The fourth-order valence-electron chi connectivity index (χ4n) is 2.92. The summed E-state index contributed by atoms with van der Waals surface area (Å²) in [6.07, 6.45) is 0.827. The SMILES string of the molecule is Cc1ccc(C2CC(c3ccc(C4=NCCN4)cc3)=NO2)cc1. The third-order valence-electron chi connectivity index (χ3n) is 4.28. The lowest BCUT2D eigenvalue weighted by Crippen LogP contribution is -2.19. The van der Waals surface area contributed by atoms with Crippen molar-refractivity contribution in [1.29, 1.82) is 0 Å². The van der Waals surface area contributed by atoms with Gasteiger partial charge in [-0.15, -0.1) is 0 Å². The van der Waals surface area contributed by atoms with Gasteiger partial charge in [0.25, 0.3) is 0 Å². The molecule has 23 heavy (non-hydrogen) atoms. The van der Waals surface area contributed by atoms with E-state index in [-0.39, 0.29) is 6.10 Å². The number of aryl methyl sites for hydroxylation is 1. The van der Waals surface area contributed by atoms with Crippen molar-refractivity contribution in [2.45, 2.75) is 19.4 Å². The highest BCUT2D eigenvalue weighted by Crippen LogP contribution is 2.29. The number of hydrogen-bond donors (Lipinski definition) is 1. The van der Waals surface area contributed by atoms with Gasteiger partial charge < -0.3 is 10.2 Å². The van der Waals surface area contributed by atoms with Crippen LogP contribution >= 0.6 is 0 Å². The molecule has 2 aromatic rings. The monoisotopic (exact) mass is 305 g/mol. The first-order chi connectivity index (χ1) is 11.3. The lowest BCUT2D eigenvalue weighted by Gasteiger charge is -2.08. The van der Waals surface area contributed by atoms with E-state index in [2.05, 4.69) is 70.9 Å². The molecule has 0 amide bonds. The second kappa shape index (κ2) is 5.88. The van der Waals surface area contributed by atoms with E-state index < -0.39 is 0 Å². The summed E-state index contributed by atoms with van der Waals surface area (Å²) in [6.45, 7) is 3.87. The zero-order valence-corrected chi connectivity index (χ0v) is 13.1. The van der Waals surface area contributed by atoms with Crippen LogP contribution in [0.4, 0.5) is 0 Å². The van der Waals surface area contributed by atoms with E-state index in [1.165, 1.54) is 11.1 Å². The van der Waals surface area contributed by atoms with Gasteiger partial charge in [0.2, 0.25) is 0 Å². The van der Waals surface area contributed by atoms with Crippen molar-refractivity contribution in [2.24, 2.45) is 10.1 Å². The molecule has 0 fully saturated rings. The standard InChI is InChI=1S/C19H19N3O/c1-13-2-4-15(5-3-13)18-12-17(22-23-18)14-6-8-16(9-7-14)19-20-10-11-21-19/h2-9,18H,10-12H2,1H3,(H,20,21). The molecule has 0 radical (unpaired) electrons. The largest absolute Gasteiger partial charge is 0.387 e. The van der Waals surface area contributed by atoms with Crippen LogP contribution in [-0.4, -0.2) is 24.6 Å². The molecular formula is C19H19N3O. The van der Waals surface area contributed by atoms with Crippen molar-refractivity contribution >= 4 is 11.5 Å². The minimum absolute atomic E-state index is 0.0196. The predicted molar refractivity (Wildman–Crippen MR) is 92.0 cm³/mol. The molecule has 0 aromatic heterocycles. The molecule has 2 aliphatic rings. The Labute approximate surface area is 135 Å². The summed E-state index contributed by atoms with van der Waals surface area (Å²) in [7, 11) is 0. The van der Waals surface area contributed by atoms with Crippen LogP contribution in [0.1, 0.15) is 34.8 Å². The van der Waals surface area contributed by atoms with Crippen molar-refractivity contribution in [1.82, 2.24) is 5.32 Å². The first kappa shape index (κ1) is 14.0. The maximum absolute atomic E-state index is 5.63. The molecule has 0 saturated heterocycles. The van der Waals surface area contributed by atoms with Crippen LogP contribution in [-0.2, 0) is 4.84 Å². The van der Waals surface area contributed by atoms with Crippen LogP contribution in [0.15, 0.2) is 58.7 Å². The fourth-order valence-corrected chi connectivity index (χ4v) is 2.92. The number of aliphatic imine (C=N–C) groups is 1. The Morgan fingerprint density at radius 1 is 1.00 bits per heavy atom. The van der Waals surface area contributed by atoms with Gasteiger partial charge >= 0.3 is 0 Å². The smallest absolute Gasteiger partial charge is 0.158 e. The zero-order valence-electron chi connectivity index (χ0n) is 13.1. The van der Waals surface area contributed by atoms with Gasteiger partial charge in [0, 0.05) is 18.5 Å². The highest BCUT2D eigenvalue weighted by atomic mass is 16.6. The van der Waals surface area contributed by atoms with Crippen molar-refractivity contribution in [3.05, 3.63) is 70.8 Å². The summed E-state index contributed by atoms with van der Waals surface area (Å²) in [5, 5.41) is 7.57. The Morgan fingerprint density at radius 3 is 2.43 bits per heavy atom. The summed E-state index contributed by atoms with van der Waals surface area (Å²) in [6, 6.07) is 16.8. The van der Waals surface area contributed by atoms with Gasteiger partial charge in [0.05, 0.1) is 12.3 Å². The summed E-state index contributed by atoms with van der Waals surface area (Å²) < 4.78 is 0. The maximum atomic E-state index is 5.63. The zero-order chi connectivity index (χ0) is 15.6. The first-order valence-corrected chi connectivity index (χ1v) is 7.98. The van der Waals surface area contributed by atoms with Crippen LogP contribution in [0.5, 0.6) is 0 Å². The quantitative estimate of drug-likeness (QED) is 0.946. The molecule has 0 aliphatic carbocycles. The molecule has 0 spiro atoms. The summed E-state index contributed by atoms with van der Waals surface area (Å²) >= 11 is 0. The number of nitrogens with one attached hydrogen (secondary N) is 1. The van der Waals surface area contributed by atoms with E-state index in [1.807, 2.05) is 0 Å².